The maximum atomic E-state index is 11.3. The van der Waals surface area contributed by atoms with Gasteiger partial charge in [-0.25, -0.2) is 10.8 Å². The number of hydrogen-bond acceptors (Lipinski definition) is 9. The Morgan fingerprint density at radius 1 is 1.48 bits per heavy atom. The van der Waals surface area contributed by atoms with E-state index in [4.69, 9.17) is 10.3 Å². The van der Waals surface area contributed by atoms with Gasteiger partial charge in [0.1, 0.15) is 0 Å². The molecule has 2 aromatic rings. The number of carbonyl (C=O) groups is 1. The molecule has 0 unspecified atom stereocenters. The Morgan fingerprint density at radius 2 is 2.29 bits per heavy atom. The summed E-state index contributed by atoms with van der Waals surface area (Å²) in [5.74, 6) is 5.46. The van der Waals surface area contributed by atoms with Crippen LogP contribution in [0.25, 0.3) is 0 Å². The Morgan fingerprint density at radius 3 is 3.00 bits per heavy atom. The average molecular weight is 328 g/mol. The first-order valence-corrected chi connectivity index (χ1v) is 7.69. The van der Waals surface area contributed by atoms with Crippen molar-refractivity contribution in [1.29, 1.82) is 0 Å². The topological polar surface area (TPSA) is 140 Å². The third-order valence-electron chi connectivity index (χ3n) is 2.12. The van der Waals surface area contributed by atoms with Crippen LogP contribution in [0.15, 0.2) is 25.7 Å². The van der Waals surface area contributed by atoms with Gasteiger partial charge in [-0.15, -0.1) is 10.2 Å². The van der Waals surface area contributed by atoms with Crippen molar-refractivity contribution in [3.63, 3.8) is 0 Å². The lowest BCUT2D eigenvalue weighted by molar-refractivity contribution is -0.118. The van der Waals surface area contributed by atoms with Crippen LogP contribution >= 0.6 is 23.5 Å². The standard InChI is InChI=1S/C10H12N6O3S2/c1-5-2-6(17)13-9(12-5)20-4-8-15-16-10(19-8)21-3-7(18)14-11/h2H,3-4,11H2,1H3,(H,14,18)(H,12,13,17). The van der Waals surface area contributed by atoms with Gasteiger partial charge in [-0.2, -0.15) is 0 Å². The molecule has 9 nitrogen and oxygen atoms in total. The monoisotopic (exact) mass is 328 g/mol. The highest BCUT2D eigenvalue weighted by molar-refractivity contribution is 7.99. The SMILES string of the molecule is Cc1cc(=O)[nH]c(SCc2nnc(SCC(=O)NN)o2)n1. The fraction of sp³-hybridized carbons (Fsp3) is 0.300. The van der Waals surface area contributed by atoms with E-state index in [9.17, 15) is 9.59 Å². The highest BCUT2D eigenvalue weighted by Gasteiger charge is 2.10. The van der Waals surface area contributed by atoms with E-state index in [1.807, 2.05) is 5.43 Å². The smallest absolute Gasteiger partial charge is 0.277 e. The van der Waals surface area contributed by atoms with Crippen LogP contribution in [0.5, 0.6) is 0 Å². The van der Waals surface area contributed by atoms with Gasteiger partial charge in [0.15, 0.2) is 5.16 Å². The molecule has 4 N–H and O–H groups in total. The highest BCUT2D eigenvalue weighted by Crippen LogP contribution is 2.21. The molecule has 0 aliphatic carbocycles. The second kappa shape index (κ2) is 7.24. The largest absolute Gasteiger partial charge is 0.415 e. The zero-order valence-electron chi connectivity index (χ0n) is 11.0. The summed E-state index contributed by atoms with van der Waals surface area (Å²) in [6.07, 6.45) is 0. The van der Waals surface area contributed by atoms with E-state index < -0.39 is 0 Å². The summed E-state index contributed by atoms with van der Waals surface area (Å²) < 4.78 is 5.34. The number of aromatic amines is 1. The Bertz CT molecular complexity index is 685. The summed E-state index contributed by atoms with van der Waals surface area (Å²) in [5, 5.41) is 8.39. The van der Waals surface area contributed by atoms with Gasteiger partial charge >= 0.3 is 0 Å². The minimum atomic E-state index is -0.337. The van der Waals surface area contributed by atoms with Crippen molar-refractivity contribution in [2.24, 2.45) is 5.84 Å². The second-order valence-corrected chi connectivity index (χ2v) is 5.69. The van der Waals surface area contributed by atoms with Crippen LogP contribution in [-0.4, -0.2) is 31.8 Å². The molecule has 0 bridgehead atoms. The number of carbonyl (C=O) groups excluding carboxylic acids is 1. The molecule has 0 aromatic carbocycles. The lowest BCUT2D eigenvalue weighted by Gasteiger charge is -1.98. The summed E-state index contributed by atoms with van der Waals surface area (Å²) in [5.41, 5.74) is 2.43. The van der Waals surface area contributed by atoms with Crippen LogP contribution in [0.1, 0.15) is 11.6 Å². The van der Waals surface area contributed by atoms with Crippen LogP contribution in [0.4, 0.5) is 0 Å². The van der Waals surface area contributed by atoms with Crippen LogP contribution in [0.2, 0.25) is 0 Å². The van der Waals surface area contributed by atoms with Gasteiger partial charge in [-0.1, -0.05) is 23.5 Å². The predicted octanol–water partition coefficient (Wildman–Crippen LogP) is -0.164. The Balaban J connectivity index is 1.90. The van der Waals surface area contributed by atoms with E-state index in [-0.39, 0.29) is 22.4 Å². The summed E-state index contributed by atoms with van der Waals surface area (Å²) in [6.45, 7) is 1.74. The third kappa shape index (κ3) is 4.88. The molecular weight excluding hydrogens is 316 g/mol. The number of H-pyrrole nitrogens is 1. The number of amides is 1. The van der Waals surface area contributed by atoms with E-state index in [2.05, 4.69) is 20.2 Å². The van der Waals surface area contributed by atoms with Crippen LogP contribution in [0, 0.1) is 6.92 Å². The average Bonchev–Trinajstić information content (AvgIpc) is 2.89. The van der Waals surface area contributed by atoms with Gasteiger partial charge in [0.25, 0.3) is 10.8 Å². The summed E-state index contributed by atoms with van der Waals surface area (Å²) in [4.78, 5) is 29.0. The molecule has 2 rings (SSSR count). The fourth-order valence-electron chi connectivity index (χ4n) is 1.27. The molecule has 0 aliphatic heterocycles. The molecule has 112 valence electrons. The third-order valence-corrected chi connectivity index (χ3v) is 3.79. The number of rotatable bonds is 6. The van der Waals surface area contributed by atoms with Gasteiger partial charge in [0.2, 0.25) is 11.8 Å². The quantitative estimate of drug-likeness (QED) is 0.217. The maximum absolute atomic E-state index is 11.3. The molecular formula is C10H12N6O3S2. The van der Waals surface area contributed by atoms with Crippen LogP contribution in [-0.2, 0) is 10.5 Å². The Kier molecular flexibility index (Phi) is 5.36. The molecule has 2 heterocycles. The lowest BCUT2D eigenvalue weighted by atomic mass is 10.5. The van der Waals surface area contributed by atoms with Gasteiger partial charge in [-0.05, 0) is 6.92 Å². The number of hydrazine groups is 1. The van der Waals surface area contributed by atoms with Gasteiger partial charge in [0.05, 0.1) is 11.5 Å². The Labute approximate surface area is 127 Å². The van der Waals surface area contributed by atoms with Crippen molar-refractivity contribution in [2.75, 3.05) is 5.75 Å². The summed E-state index contributed by atoms with van der Waals surface area (Å²) >= 11 is 2.36. The number of thioether (sulfide) groups is 2. The van der Waals surface area contributed by atoms with Crippen molar-refractivity contribution in [3.8, 4) is 0 Å². The number of nitrogens with two attached hydrogens (primary N) is 1. The molecule has 0 saturated heterocycles. The molecule has 2 aromatic heterocycles. The van der Waals surface area contributed by atoms with Gasteiger partial charge in [0, 0.05) is 11.8 Å². The molecule has 0 aliphatic rings. The minimum absolute atomic E-state index is 0.0953. The van der Waals surface area contributed by atoms with Crippen LogP contribution in [0.3, 0.4) is 0 Å². The highest BCUT2D eigenvalue weighted by atomic mass is 32.2. The van der Waals surface area contributed by atoms with E-state index >= 15 is 0 Å². The summed E-state index contributed by atoms with van der Waals surface area (Å²) in [6, 6.07) is 1.41. The molecule has 0 spiro atoms. The summed E-state index contributed by atoms with van der Waals surface area (Å²) in [7, 11) is 0. The zero-order valence-corrected chi connectivity index (χ0v) is 12.6. The minimum Gasteiger partial charge on any atom is -0.415 e. The fourth-order valence-corrected chi connectivity index (χ4v) is 2.62. The molecule has 0 saturated carbocycles. The second-order valence-electron chi connectivity index (χ2n) is 3.80. The normalized spacial score (nSPS) is 10.6. The van der Waals surface area contributed by atoms with Crippen molar-refractivity contribution in [1.82, 2.24) is 25.6 Å². The zero-order chi connectivity index (χ0) is 15.2. The number of aromatic nitrogens is 4. The molecule has 11 heteroatoms. The number of hydrogen-bond donors (Lipinski definition) is 3. The molecule has 1 amide bonds. The first kappa shape index (κ1) is 15.5. The van der Waals surface area contributed by atoms with E-state index in [1.54, 1.807) is 6.92 Å². The predicted molar refractivity (Wildman–Crippen MR) is 76.5 cm³/mol. The van der Waals surface area contributed by atoms with Gasteiger partial charge < -0.3 is 9.40 Å². The number of nitrogens with one attached hydrogen (secondary N) is 2. The molecule has 0 atom stereocenters. The van der Waals surface area contributed by atoms with Crippen molar-refractivity contribution in [3.05, 3.63) is 28.0 Å². The first-order valence-electron chi connectivity index (χ1n) is 5.72. The van der Waals surface area contributed by atoms with Crippen molar-refractivity contribution in [2.45, 2.75) is 23.1 Å². The Hall–Kier alpha value is -1.85. The van der Waals surface area contributed by atoms with E-state index in [0.29, 0.717) is 22.5 Å². The lowest BCUT2D eigenvalue weighted by Crippen LogP contribution is -2.31. The van der Waals surface area contributed by atoms with E-state index in [1.165, 1.54) is 17.8 Å². The molecule has 0 fully saturated rings. The van der Waals surface area contributed by atoms with Gasteiger partial charge in [-0.3, -0.25) is 15.0 Å². The first-order chi connectivity index (χ1) is 10.1. The van der Waals surface area contributed by atoms with Crippen molar-refractivity contribution >= 4 is 29.4 Å². The van der Waals surface area contributed by atoms with E-state index in [0.717, 1.165) is 11.8 Å². The van der Waals surface area contributed by atoms with Crippen molar-refractivity contribution < 1.29 is 9.21 Å². The maximum Gasteiger partial charge on any atom is 0.277 e. The molecule has 0 radical (unpaired) electrons. The molecule has 21 heavy (non-hydrogen) atoms. The number of aryl methyl sites for hydroxylation is 1. The van der Waals surface area contributed by atoms with Crippen LogP contribution < -0.4 is 16.8 Å². The number of nitrogens with zero attached hydrogens (tertiary/aromatic N) is 3.